The van der Waals surface area contributed by atoms with E-state index in [1.54, 1.807) is 17.4 Å². The van der Waals surface area contributed by atoms with Gasteiger partial charge in [-0.3, -0.25) is 9.20 Å². The topological polar surface area (TPSA) is 85.3 Å². The Morgan fingerprint density at radius 2 is 2.09 bits per heavy atom. The summed E-state index contributed by atoms with van der Waals surface area (Å²) in [6.45, 7) is 1.57. The summed E-state index contributed by atoms with van der Waals surface area (Å²) in [6.07, 6.45) is 5.09. The standard InChI is InChI=1S/C23H19F2N5O2/c1-11-16(24)6-14(21-28-23(32-29-21)15-9-17(15)25)7-18(11)27-22(31)19-10-26-20-8-13(12-2-3-12)4-5-30(19)20/h4-8,10,12,15,17H,2-3,9H2,1H3,(H,27,31)/t15-,17-/m0/s1. The summed E-state index contributed by atoms with van der Waals surface area (Å²) >= 11 is 0. The van der Waals surface area contributed by atoms with Crippen molar-refractivity contribution in [2.45, 2.75) is 44.2 Å². The summed E-state index contributed by atoms with van der Waals surface area (Å²) in [5, 5.41) is 6.61. The zero-order chi connectivity index (χ0) is 22.0. The van der Waals surface area contributed by atoms with E-state index >= 15 is 0 Å². The Kier molecular flexibility index (Phi) is 4.14. The molecule has 162 valence electrons. The molecule has 2 fully saturated rings. The summed E-state index contributed by atoms with van der Waals surface area (Å²) in [4.78, 5) is 21.5. The fourth-order valence-corrected chi connectivity index (χ4v) is 3.88. The zero-order valence-corrected chi connectivity index (χ0v) is 17.2. The molecule has 1 N–H and O–H groups in total. The number of benzene rings is 1. The molecule has 7 nitrogen and oxygen atoms in total. The Bertz CT molecular complexity index is 1370. The molecular formula is C23H19F2N5O2. The molecule has 0 saturated heterocycles. The number of halogens is 2. The average Bonchev–Trinajstić information content (AvgIpc) is 3.66. The van der Waals surface area contributed by atoms with Gasteiger partial charge < -0.3 is 9.84 Å². The van der Waals surface area contributed by atoms with Crippen LogP contribution in [0.5, 0.6) is 0 Å². The van der Waals surface area contributed by atoms with E-state index in [0.717, 1.165) is 0 Å². The number of aromatic nitrogens is 4. The molecule has 1 aromatic carbocycles. The smallest absolute Gasteiger partial charge is 0.274 e. The lowest BCUT2D eigenvalue weighted by Gasteiger charge is -2.11. The molecule has 0 radical (unpaired) electrons. The maximum absolute atomic E-state index is 14.6. The van der Waals surface area contributed by atoms with Crippen LogP contribution in [0.2, 0.25) is 0 Å². The number of imidazole rings is 1. The quantitative estimate of drug-likeness (QED) is 0.487. The van der Waals surface area contributed by atoms with Gasteiger partial charge >= 0.3 is 0 Å². The van der Waals surface area contributed by atoms with E-state index in [9.17, 15) is 13.6 Å². The predicted octanol–water partition coefficient (Wildman–Crippen LogP) is 4.79. The third kappa shape index (κ3) is 3.24. The Morgan fingerprint density at radius 1 is 1.28 bits per heavy atom. The van der Waals surface area contributed by atoms with Gasteiger partial charge in [0.15, 0.2) is 0 Å². The van der Waals surface area contributed by atoms with Crippen LogP contribution in [0.4, 0.5) is 14.5 Å². The van der Waals surface area contributed by atoms with Crippen LogP contribution in [0, 0.1) is 12.7 Å². The molecule has 3 heterocycles. The molecule has 9 heteroatoms. The molecule has 6 rings (SSSR count). The Balaban J connectivity index is 1.29. The number of alkyl halides is 1. The first kappa shape index (κ1) is 19.1. The first-order valence-corrected chi connectivity index (χ1v) is 10.5. The molecule has 0 spiro atoms. The number of carbonyl (C=O) groups is 1. The van der Waals surface area contributed by atoms with Gasteiger partial charge in [-0.2, -0.15) is 4.98 Å². The third-order valence-corrected chi connectivity index (χ3v) is 6.14. The van der Waals surface area contributed by atoms with Crippen molar-refractivity contribution in [2.75, 3.05) is 5.32 Å². The van der Waals surface area contributed by atoms with Crippen LogP contribution in [0.3, 0.4) is 0 Å². The van der Waals surface area contributed by atoms with Crippen molar-refractivity contribution in [3.05, 3.63) is 65.2 Å². The second-order valence-electron chi connectivity index (χ2n) is 8.51. The second-order valence-corrected chi connectivity index (χ2v) is 8.51. The minimum atomic E-state index is -0.973. The minimum absolute atomic E-state index is 0.149. The number of nitrogens with one attached hydrogen (secondary N) is 1. The van der Waals surface area contributed by atoms with Crippen molar-refractivity contribution >= 4 is 17.2 Å². The zero-order valence-electron chi connectivity index (χ0n) is 17.2. The first-order valence-electron chi connectivity index (χ1n) is 10.5. The number of fused-ring (bicyclic) bond motifs is 1. The van der Waals surface area contributed by atoms with Crippen molar-refractivity contribution in [2.24, 2.45) is 0 Å². The van der Waals surface area contributed by atoms with Crippen molar-refractivity contribution in [3.63, 3.8) is 0 Å². The summed E-state index contributed by atoms with van der Waals surface area (Å²) in [5.41, 5.74) is 3.17. The average molecular weight is 435 g/mol. The summed E-state index contributed by atoms with van der Waals surface area (Å²) < 4.78 is 34.7. The SMILES string of the molecule is Cc1c(F)cc(-c2noc([C@H]3C[C@@H]3F)n2)cc1NC(=O)c1cnc2cc(C3CC3)ccn12. The van der Waals surface area contributed by atoms with Gasteiger partial charge in [-0.25, -0.2) is 13.8 Å². The Labute approximate surface area is 181 Å². The highest BCUT2D eigenvalue weighted by Crippen LogP contribution is 2.43. The van der Waals surface area contributed by atoms with E-state index in [1.807, 2.05) is 18.3 Å². The van der Waals surface area contributed by atoms with Gasteiger partial charge in [0, 0.05) is 23.0 Å². The van der Waals surface area contributed by atoms with Crippen molar-refractivity contribution < 1.29 is 18.1 Å². The highest BCUT2D eigenvalue weighted by atomic mass is 19.1. The van der Waals surface area contributed by atoms with Crippen LogP contribution in [0.25, 0.3) is 17.0 Å². The lowest BCUT2D eigenvalue weighted by Crippen LogP contribution is -2.15. The monoisotopic (exact) mass is 435 g/mol. The van der Waals surface area contributed by atoms with Crippen molar-refractivity contribution in [1.29, 1.82) is 0 Å². The second kappa shape index (κ2) is 6.94. The molecule has 32 heavy (non-hydrogen) atoms. The number of nitrogens with zero attached hydrogens (tertiary/aromatic N) is 4. The third-order valence-electron chi connectivity index (χ3n) is 6.14. The van der Waals surface area contributed by atoms with Crippen LogP contribution < -0.4 is 5.32 Å². The van der Waals surface area contributed by atoms with Gasteiger partial charge in [0.1, 0.15) is 23.3 Å². The number of pyridine rings is 1. The van der Waals surface area contributed by atoms with Crippen LogP contribution in [0.1, 0.15) is 58.6 Å². The molecule has 0 unspecified atom stereocenters. The van der Waals surface area contributed by atoms with Gasteiger partial charge in [-0.1, -0.05) is 5.16 Å². The lowest BCUT2D eigenvalue weighted by molar-refractivity contribution is 0.102. The normalized spacial score (nSPS) is 20.0. The molecule has 2 aliphatic carbocycles. The number of amides is 1. The molecule has 4 aromatic rings. The van der Waals surface area contributed by atoms with E-state index in [0.29, 0.717) is 29.2 Å². The first-order chi connectivity index (χ1) is 15.5. The van der Waals surface area contributed by atoms with Crippen LogP contribution in [-0.2, 0) is 0 Å². The van der Waals surface area contributed by atoms with Gasteiger partial charge in [-0.15, -0.1) is 0 Å². The molecule has 1 amide bonds. The van der Waals surface area contributed by atoms with E-state index in [4.69, 9.17) is 4.52 Å². The molecule has 2 saturated carbocycles. The molecule has 2 atom stereocenters. The predicted molar refractivity (Wildman–Crippen MR) is 112 cm³/mol. The maximum Gasteiger partial charge on any atom is 0.274 e. The van der Waals surface area contributed by atoms with Gasteiger partial charge in [0.05, 0.1) is 12.1 Å². The van der Waals surface area contributed by atoms with Crippen LogP contribution >= 0.6 is 0 Å². The molecule has 0 bridgehead atoms. The Morgan fingerprint density at radius 3 is 2.84 bits per heavy atom. The van der Waals surface area contributed by atoms with Crippen molar-refractivity contribution in [3.8, 4) is 11.4 Å². The van der Waals surface area contributed by atoms with E-state index in [1.165, 1.54) is 30.7 Å². The molecule has 2 aliphatic rings. The van der Waals surface area contributed by atoms with Crippen LogP contribution in [0.15, 0.2) is 41.2 Å². The summed E-state index contributed by atoms with van der Waals surface area (Å²) in [7, 11) is 0. The molecule has 3 aromatic heterocycles. The Hall–Kier alpha value is -3.62. The summed E-state index contributed by atoms with van der Waals surface area (Å²) in [5.74, 6) is -0.384. The largest absolute Gasteiger partial charge is 0.339 e. The lowest BCUT2D eigenvalue weighted by atomic mass is 10.1. The highest BCUT2D eigenvalue weighted by Gasteiger charge is 2.43. The van der Waals surface area contributed by atoms with Gasteiger partial charge in [-0.05, 0) is 61.9 Å². The van der Waals surface area contributed by atoms with E-state index in [2.05, 4.69) is 20.4 Å². The number of hydrogen-bond donors (Lipinski definition) is 1. The number of rotatable bonds is 5. The number of anilines is 1. The van der Waals surface area contributed by atoms with E-state index < -0.39 is 17.9 Å². The fraction of sp³-hybridized carbons (Fsp3) is 0.304. The molecule has 0 aliphatic heterocycles. The van der Waals surface area contributed by atoms with Crippen molar-refractivity contribution in [1.82, 2.24) is 19.5 Å². The maximum atomic E-state index is 14.6. The van der Waals surface area contributed by atoms with Gasteiger partial charge in [0.2, 0.25) is 11.7 Å². The summed E-state index contributed by atoms with van der Waals surface area (Å²) in [6, 6.07) is 6.85. The van der Waals surface area contributed by atoms with Gasteiger partial charge in [0.25, 0.3) is 5.91 Å². The van der Waals surface area contributed by atoms with E-state index in [-0.39, 0.29) is 28.9 Å². The number of hydrogen-bond acceptors (Lipinski definition) is 5. The number of carbonyl (C=O) groups excluding carboxylic acids is 1. The highest BCUT2D eigenvalue weighted by molar-refractivity contribution is 6.04. The van der Waals surface area contributed by atoms with Crippen LogP contribution in [-0.4, -0.2) is 31.6 Å². The fourth-order valence-electron chi connectivity index (χ4n) is 3.88. The minimum Gasteiger partial charge on any atom is -0.339 e. The molecular weight excluding hydrogens is 416 g/mol.